The van der Waals surface area contributed by atoms with Crippen LogP contribution in [0.1, 0.15) is 41.5 Å². The van der Waals surface area contributed by atoms with Gasteiger partial charge in [0.05, 0.1) is 29.3 Å². The van der Waals surface area contributed by atoms with Gasteiger partial charge < -0.3 is 15.2 Å². The number of nitrogens with two attached hydrogens (primary N) is 1. The summed E-state index contributed by atoms with van der Waals surface area (Å²) in [5, 5.41) is 0. The summed E-state index contributed by atoms with van der Waals surface area (Å²) in [5.41, 5.74) is 7.55. The van der Waals surface area contributed by atoms with Gasteiger partial charge in [-0.1, -0.05) is 6.07 Å². The van der Waals surface area contributed by atoms with Crippen molar-refractivity contribution in [2.24, 2.45) is 11.7 Å². The van der Waals surface area contributed by atoms with Crippen LogP contribution in [0.5, 0.6) is 5.75 Å². The van der Waals surface area contributed by atoms with E-state index in [0.717, 1.165) is 6.42 Å². The fourth-order valence-corrected chi connectivity index (χ4v) is 3.72. The molecule has 4 rings (SSSR count). The molecular weight excluding hydrogens is 394 g/mol. The van der Waals surface area contributed by atoms with Crippen molar-refractivity contribution in [1.82, 2.24) is 14.4 Å². The Morgan fingerprint density at radius 1 is 1.40 bits per heavy atom. The molecule has 0 unspecified atom stereocenters. The number of primary amides is 1. The van der Waals surface area contributed by atoms with Crippen molar-refractivity contribution < 1.29 is 23.0 Å². The number of carbonyl (C=O) groups excluding carboxylic acids is 1. The van der Waals surface area contributed by atoms with E-state index in [-0.39, 0.29) is 17.2 Å². The molecule has 0 aliphatic carbocycles. The molecule has 4 heterocycles. The van der Waals surface area contributed by atoms with Crippen molar-refractivity contribution >= 4 is 11.6 Å². The van der Waals surface area contributed by atoms with Gasteiger partial charge in [0.25, 0.3) is 12.3 Å². The molecule has 7 nitrogen and oxygen atoms in total. The molecule has 0 bridgehead atoms. The van der Waals surface area contributed by atoms with E-state index in [9.17, 15) is 13.6 Å². The molecule has 3 aromatic rings. The fourth-order valence-electron chi connectivity index (χ4n) is 3.72. The minimum Gasteiger partial charge on any atom is -0.493 e. The van der Waals surface area contributed by atoms with Crippen molar-refractivity contribution in [3.8, 4) is 17.1 Å². The van der Waals surface area contributed by atoms with E-state index in [0.29, 0.717) is 54.7 Å². The quantitative estimate of drug-likeness (QED) is 0.637. The Hall–Kier alpha value is -3.07. The number of hydrogen-bond donors (Lipinski definition) is 1. The van der Waals surface area contributed by atoms with E-state index in [1.54, 1.807) is 23.5 Å². The number of pyridine rings is 2. The van der Waals surface area contributed by atoms with Crippen LogP contribution < -0.4 is 10.5 Å². The second kappa shape index (κ2) is 8.35. The summed E-state index contributed by atoms with van der Waals surface area (Å²) in [4.78, 5) is 20.9. The molecule has 1 aliphatic heterocycles. The lowest BCUT2D eigenvalue weighted by molar-refractivity contribution is 0.0996. The van der Waals surface area contributed by atoms with Gasteiger partial charge in [-0.3, -0.25) is 9.20 Å². The minimum atomic E-state index is -2.69. The zero-order valence-corrected chi connectivity index (χ0v) is 16.5. The number of halogens is 2. The number of amides is 1. The van der Waals surface area contributed by atoms with E-state index in [1.807, 2.05) is 0 Å². The molecule has 0 spiro atoms. The SMILES string of the molecule is CCOc1cc2nc(C[C@@H]3CCOC3)c(-c3cccc(C(F)F)n3)n2cc1C(N)=O. The van der Waals surface area contributed by atoms with Crippen LogP contribution >= 0.6 is 0 Å². The third-order valence-corrected chi connectivity index (χ3v) is 5.10. The summed E-state index contributed by atoms with van der Waals surface area (Å²) < 4.78 is 39.2. The standard InChI is InChI=1S/C21H22F2N4O3/c1-2-30-17-9-18-26-16(8-12-6-7-29-11-12)19(27(18)10-13(17)21(24)28)14-4-3-5-15(25-14)20(22)23/h3-5,9-10,12,20H,2,6-8,11H2,1H3,(H2,24,28)/t12-/m0/s1. The van der Waals surface area contributed by atoms with Crippen LogP contribution in [0.4, 0.5) is 8.78 Å². The number of alkyl halides is 2. The monoisotopic (exact) mass is 416 g/mol. The Bertz CT molecular complexity index is 1080. The number of aromatic nitrogens is 3. The molecular formula is C21H22F2N4O3. The number of fused-ring (bicyclic) bond motifs is 1. The first-order valence-corrected chi connectivity index (χ1v) is 9.78. The molecule has 9 heteroatoms. The van der Waals surface area contributed by atoms with Gasteiger partial charge in [0.2, 0.25) is 0 Å². The van der Waals surface area contributed by atoms with Gasteiger partial charge in [-0.25, -0.2) is 18.7 Å². The Morgan fingerprint density at radius 2 is 2.23 bits per heavy atom. The zero-order valence-electron chi connectivity index (χ0n) is 16.5. The van der Waals surface area contributed by atoms with Crippen LogP contribution in [0.15, 0.2) is 30.5 Å². The van der Waals surface area contributed by atoms with E-state index >= 15 is 0 Å². The normalized spacial score (nSPS) is 16.5. The Morgan fingerprint density at radius 3 is 2.90 bits per heavy atom. The maximum Gasteiger partial charge on any atom is 0.280 e. The van der Waals surface area contributed by atoms with Gasteiger partial charge in [0, 0.05) is 25.5 Å². The lowest BCUT2D eigenvalue weighted by Gasteiger charge is -2.11. The highest BCUT2D eigenvalue weighted by atomic mass is 19.3. The lowest BCUT2D eigenvalue weighted by atomic mass is 10.0. The van der Waals surface area contributed by atoms with Gasteiger partial charge in [0.15, 0.2) is 0 Å². The molecule has 0 aromatic carbocycles. The summed E-state index contributed by atoms with van der Waals surface area (Å²) in [6.07, 6.45) is 0.347. The third-order valence-electron chi connectivity index (χ3n) is 5.10. The van der Waals surface area contributed by atoms with Gasteiger partial charge in [-0.15, -0.1) is 0 Å². The highest BCUT2D eigenvalue weighted by Gasteiger charge is 2.24. The van der Waals surface area contributed by atoms with Crippen molar-refractivity contribution in [2.45, 2.75) is 26.2 Å². The molecule has 0 radical (unpaired) electrons. The number of nitrogens with zero attached hydrogens (tertiary/aromatic N) is 3. The predicted octanol–water partition coefficient (Wildman–Crippen LogP) is 3.41. The molecule has 1 saturated heterocycles. The van der Waals surface area contributed by atoms with E-state index in [4.69, 9.17) is 20.2 Å². The molecule has 1 fully saturated rings. The highest BCUT2D eigenvalue weighted by molar-refractivity contribution is 5.96. The average molecular weight is 416 g/mol. The average Bonchev–Trinajstić information content (AvgIpc) is 3.35. The maximum atomic E-state index is 13.3. The fraction of sp³-hybridized carbons (Fsp3) is 0.381. The molecule has 3 aromatic heterocycles. The maximum absolute atomic E-state index is 13.3. The van der Waals surface area contributed by atoms with Gasteiger partial charge >= 0.3 is 0 Å². The van der Waals surface area contributed by atoms with Crippen LogP contribution in [0, 0.1) is 5.92 Å². The number of hydrogen-bond acceptors (Lipinski definition) is 5. The number of imidazole rings is 1. The highest BCUT2D eigenvalue weighted by Crippen LogP contribution is 2.32. The van der Waals surface area contributed by atoms with Crippen molar-refractivity contribution in [1.29, 1.82) is 0 Å². The largest absolute Gasteiger partial charge is 0.493 e. The number of carbonyl (C=O) groups is 1. The van der Waals surface area contributed by atoms with Crippen LogP contribution in [-0.4, -0.2) is 40.1 Å². The third kappa shape index (κ3) is 3.85. The molecule has 1 aliphatic rings. The first-order chi connectivity index (χ1) is 14.5. The van der Waals surface area contributed by atoms with E-state index in [2.05, 4.69) is 4.98 Å². The second-order valence-corrected chi connectivity index (χ2v) is 7.17. The molecule has 158 valence electrons. The van der Waals surface area contributed by atoms with Crippen molar-refractivity contribution in [2.75, 3.05) is 19.8 Å². The van der Waals surface area contributed by atoms with Crippen LogP contribution in [0.25, 0.3) is 17.0 Å². The lowest BCUT2D eigenvalue weighted by Crippen LogP contribution is -2.14. The van der Waals surface area contributed by atoms with Gasteiger partial charge in [-0.05, 0) is 37.8 Å². The van der Waals surface area contributed by atoms with E-state index in [1.165, 1.54) is 18.3 Å². The summed E-state index contributed by atoms with van der Waals surface area (Å²) in [7, 11) is 0. The first kappa shape index (κ1) is 20.2. The van der Waals surface area contributed by atoms with Gasteiger partial charge in [-0.2, -0.15) is 0 Å². The Balaban J connectivity index is 1.92. The summed E-state index contributed by atoms with van der Waals surface area (Å²) >= 11 is 0. The van der Waals surface area contributed by atoms with Gasteiger partial charge in [0.1, 0.15) is 17.1 Å². The van der Waals surface area contributed by atoms with Crippen LogP contribution in [-0.2, 0) is 11.2 Å². The summed E-state index contributed by atoms with van der Waals surface area (Å²) in [5.74, 6) is -0.0481. The predicted molar refractivity (Wildman–Crippen MR) is 106 cm³/mol. The van der Waals surface area contributed by atoms with Crippen LogP contribution in [0.2, 0.25) is 0 Å². The number of ether oxygens (including phenoxy) is 2. The first-order valence-electron chi connectivity index (χ1n) is 9.78. The Labute approximate surface area is 171 Å². The Kier molecular flexibility index (Phi) is 5.63. The molecule has 1 atom stereocenters. The molecule has 30 heavy (non-hydrogen) atoms. The summed E-state index contributed by atoms with van der Waals surface area (Å²) in [6.45, 7) is 3.47. The van der Waals surface area contributed by atoms with Crippen molar-refractivity contribution in [3.63, 3.8) is 0 Å². The zero-order chi connectivity index (χ0) is 21.3. The smallest absolute Gasteiger partial charge is 0.280 e. The summed E-state index contributed by atoms with van der Waals surface area (Å²) in [6, 6.07) is 6.11. The second-order valence-electron chi connectivity index (χ2n) is 7.17. The number of rotatable bonds is 7. The topological polar surface area (TPSA) is 91.7 Å². The minimum absolute atomic E-state index is 0.184. The van der Waals surface area contributed by atoms with E-state index < -0.39 is 12.3 Å². The van der Waals surface area contributed by atoms with Crippen molar-refractivity contribution in [3.05, 3.63) is 47.4 Å². The molecule has 2 N–H and O–H groups in total. The van der Waals surface area contributed by atoms with Crippen LogP contribution in [0.3, 0.4) is 0 Å². The molecule has 0 saturated carbocycles. The molecule has 1 amide bonds.